The summed E-state index contributed by atoms with van der Waals surface area (Å²) in [6, 6.07) is 7.91. The van der Waals surface area contributed by atoms with Crippen LogP contribution in [-0.2, 0) is 0 Å². The van der Waals surface area contributed by atoms with E-state index < -0.39 is 0 Å². The molecule has 16 heavy (non-hydrogen) atoms. The van der Waals surface area contributed by atoms with Gasteiger partial charge >= 0.3 is 0 Å². The number of ether oxygens (including phenoxy) is 1. The third-order valence-corrected chi connectivity index (χ3v) is 3.13. The number of methoxy groups -OCH3 is 1. The van der Waals surface area contributed by atoms with Crippen molar-refractivity contribution in [3.8, 4) is 5.75 Å². The van der Waals surface area contributed by atoms with E-state index >= 15 is 0 Å². The number of oxime groups is 1. The van der Waals surface area contributed by atoms with Crippen molar-refractivity contribution in [3.05, 3.63) is 24.3 Å². The average Bonchev–Trinajstić information content (AvgIpc) is 2.35. The Labute approximate surface area is 99.5 Å². The Morgan fingerprint density at radius 3 is 2.69 bits per heavy atom. The minimum atomic E-state index is 0.287. The van der Waals surface area contributed by atoms with Crippen molar-refractivity contribution in [1.29, 1.82) is 0 Å². The summed E-state index contributed by atoms with van der Waals surface area (Å²) in [5.74, 6) is 2.10. The lowest BCUT2D eigenvalue weighted by atomic mass is 10.3. The van der Waals surface area contributed by atoms with Crippen LogP contribution in [0.15, 0.2) is 34.3 Å². The first-order valence-electron chi connectivity index (χ1n) is 4.99. The summed E-state index contributed by atoms with van der Waals surface area (Å²) in [6.07, 6.45) is 1.52. The van der Waals surface area contributed by atoms with Gasteiger partial charge in [0.15, 0.2) is 0 Å². The van der Waals surface area contributed by atoms with Crippen LogP contribution in [0.25, 0.3) is 0 Å². The van der Waals surface area contributed by atoms with Gasteiger partial charge in [0.1, 0.15) is 11.6 Å². The zero-order chi connectivity index (χ0) is 11.8. The number of benzene rings is 1. The molecule has 1 rings (SSSR count). The first kappa shape index (κ1) is 12.7. The van der Waals surface area contributed by atoms with Crippen LogP contribution >= 0.6 is 11.8 Å². The first-order chi connectivity index (χ1) is 7.76. The maximum absolute atomic E-state index is 8.35. The molecule has 0 amide bonds. The molecule has 0 unspecified atom stereocenters. The maximum Gasteiger partial charge on any atom is 0.139 e. The Hall–Kier alpha value is -1.36. The highest BCUT2D eigenvalue weighted by Crippen LogP contribution is 2.22. The first-order valence-corrected chi connectivity index (χ1v) is 5.98. The van der Waals surface area contributed by atoms with Crippen molar-refractivity contribution >= 4 is 17.6 Å². The van der Waals surface area contributed by atoms with Crippen LogP contribution in [0.2, 0.25) is 0 Å². The van der Waals surface area contributed by atoms with Crippen molar-refractivity contribution in [2.45, 2.75) is 17.7 Å². The fraction of sp³-hybridized carbons (Fsp3) is 0.364. The van der Waals surface area contributed by atoms with Crippen LogP contribution in [-0.4, -0.2) is 23.9 Å². The Kier molecular flexibility index (Phi) is 5.56. The molecule has 0 spiro atoms. The van der Waals surface area contributed by atoms with Gasteiger partial charge in [0.2, 0.25) is 0 Å². The van der Waals surface area contributed by atoms with Gasteiger partial charge in [-0.25, -0.2) is 0 Å². The lowest BCUT2D eigenvalue weighted by Crippen LogP contribution is -2.11. The van der Waals surface area contributed by atoms with E-state index in [9.17, 15) is 0 Å². The van der Waals surface area contributed by atoms with Crippen molar-refractivity contribution < 1.29 is 9.94 Å². The lowest BCUT2D eigenvalue weighted by Gasteiger charge is -2.03. The zero-order valence-corrected chi connectivity index (χ0v) is 10.0. The third-order valence-electron chi connectivity index (χ3n) is 2.03. The molecular weight excluding hydrogens is 224 g/mol. The molecule has 0 fully saturated rings. The summed E-state index contributed by atoms with van der Waals surface area (Å²) in [6.45, 7) is 0. The van der Waals surface area contributed by atoms with E-state index in [0.717, 1.165) is 17.9 Å². The summed E-state index contributed by atoms with van der Waals surface area (Å²) < 4.78 is 5.07. The molecule has 0 radical (unpaired) electrons. The number of hydrogen-bond acceptors (Lipinski definition) is 4. The Bertz CT molecular complexity index is 338. The Balaban J connectivity index is 2.26. The smallest absolute Gasteiger partial charge is 0.139 e. The van der Waals surface area contributed by atoms with Crippen LogP contribution in [0.1, 0.15) is 12.8 Å². The van der Waals surface area contributed by atoms with Crippen molar-refractivity contribution in [2.75, 3.05) is 12.9 Å². The quantitative estimate of drug-likeness (QED) is 0.200. The van der Waals surface area contributed by atoms with Crippen LogP contribution in [0.3, 0.4) is 0 Å². The van der Waals surface area contributed by atoms with E-state index in [1.54, 1.807) is 18.9 Å². The predicted octanol–water partition coefficient (Wildman–Crippen LogP) is 2.31. The minimum absolute atomic E-state index is 0.287. The van der Waals surface area contributed by atoms with Crippen LogP contribution < -0.4 is 10.5 Å². The van der Waals surface area contributed by atoms with Gasteiger partial charge in [0.05, 0.1) is 7.11 Å². The number of amidine groups is 1. The normalized spacial score (nSPS) is 11.4. The molecular formula is C11H16N2O2S. The Morgan fingerprint density at radius 1 is 1.44 bits per heavy atom. The molecule has 0 aliphatic heterocycles. The zero-order valence-electron chi connectivity index (χ0n) is 9.22. The maximum atomic E-state index is 8.35. The molecule has 0 saturated carbocycles. The molecule has 0 heterocycles. The molecule has 5 heteroatoms. The van der Waals surface area contributed by atoms with Gasteiger partial charge in [-0.3, -0.25) is 0 Å². The average molecular weight is 240 g/mol. The summed E-state index contributed by atoms with van der Waals surface area (Å²) in [5.41, 5.74) is 5.36. The van der Waals surface area contributed by atoms with Gasteiger partial charge in [-0.1, -0.05) is 5.16 Å². The second-order valence-electron chi connectivity index (χ2n) is 3.22. The standard InChI is InChI=1S/C11H16N2O2S/c1-15-9-4-6-10(7-5-9)16-8-2-3-11(12)13-14/h4-7,14H,2-3,8H2,1H3,(H2,12,13). The number of rotatable bonds is 6. The molecule has 0 aromatic heterocycles. The van der Waals surface area contributed by atoms with Gasteiger partial charge in [-0.15, -0.1) is 11.8 Å². The molecule has 1 aromatic rings. The van der Waals surface area contributed by atoms with E-state index in [-0.39, 0.29) is 5.84 Å². The van der Waals surface area contributed by atoms with Crippen LogP contribution in [0.4, 0.5) is 0 Å². The molecule has 4 nitrogen and oxygen atoms in total. The van der Waals surface area contributed by atoms with Crippen molar-refractivity contribution in [1.82, 2.24) is 0 Å². The van der Waals surface area contributed by atoms with Gasteiger partial charge in [-0.05, 0) is 36.4 Å². The van der Waals surface area contributed by atoms with E-state index in [0.29, 0.717) is 6.42 Å². The molecule has 0 aliphatic carbocycles. The molecule has 1 aromatic carbocycles. The highest BCUT2D eigenvalue weighted by Gasteiger charge is 1.97. The molecule has 3 N–H and O–H groups in total. The molecule has 0 saturated heterocycles. The van der Waals surface area contributed by atoms with Gasteiger partial charge in [0.25, 0.3) is 0 Å². The second kappa shape index (κ2) is 7.00. The van der Waals surface area contributed by atoms with E-state index in [4.69, 9.17) is 15.7 Å². The van der Waals surface area contributed by atoms with Gasteiger partial charge in [0, 0.05) is 11.3 Å². The van der Waals surface area contributed by atoms with Crippen molar-refractivity contribution in [2.24, 2.45) is 10.9 Å². The molecule has 0 aliphatic rings. The number of hydrogen-bond donors (Lipinski definition) is 2. The topological polar surface area (TPSA) is 67.8 Å². The highest BCUT2D eigenvalue weighted by molar-refractivity contribution is 7.99. The predicted molar refractivity (Wildman–Crippen MR) is 66.4 cm³/mol. The van der Waals surface area contributed by atoms with Crippen molar-refractivity contribution in [3.63, 3.8) is 0 Å². The van der Waals surface area contributed by atoms with E-state index in [1.165, 1.54) is 4.90 Å². The molecule has 0 bridgehead atoms. The van der Waals surface area contributed by atoms with Gasteiger partial charge in [-0.2, -0.15) is 0 Å². The van der Waals surface area contributed by atoms with E-state index in [2.05, 4.69) is 5.16 Å². The van der Waals surface area contributed by atoms with Crippen LogP contribution in [0.5, 0.6) is 5.75 Å². The van der Waals surface area contributed by atoms with Gasteiger partial charge < -0.3 is 15.7 Å². The Morgan fingerprint density at radius 2 is 2.12 bits per heavy atom. The lowest BCUT2D eigenvalue weighted by molar-refractivity contribution is 0.317. The SMILES string of the molecule is COc1ccc(SCCC/C(N)=N/O)cc1. The summed E-state index contributed by atoms with van der Waals surface area (Å²) in [5, 5.41) is 11.3. The monoisotopic (exact) mass is 240 g/mol. The largest absolute Gasteiger partial charge is 0.497 e. The van der Waals surface area contributed by atoms with E-state index in [1.807, 2.05) is 24.3 Å². The molecule has 0 atom stereocenters. The molecule has 88 valence electrons. The summed E-state index contributed by atoms with van der Waals surface area (Å²) >= 11 is 1.74. The summed E-state index contributed by atoms with van der Waals surface area (Å²) in [4.78, 5) is 1.19. The van der Waals surface area contributed by atoms with Crippen LogP contribution in [0, 0.1) is 0 Å². The third kappa shape index (κ3) is 4.44. The fourth-order valence-electron chi connectivity index (χ4n) is 1.17. The number of nitrogens with zero attached hydrogens (tertiary/aromatic N) is 1. The second-order valence-corrected chi connectivity index (χ2v) is 4.39. The highest BCUT2D eigenvalue weighted by atomic mass is 32.2. The fourth-order valence-corrected chi connectivity index (χ4v) is 2.02. The minimum Gasteiger partial charge on any atom is -0.497 e. The number of thioether (sulfide) groups is 1. The summed E-state index contributed by atoms with van der Waals surface area (Å²) in [7, 11) is 1.65. The number of nitrogens with two attached hydrogens (primary N) is 1.